The molecular formula is C21H22N4OS. The van der Waals surface area contributed by atoms with E-state index < -0.39 is 0 Å². The number of aryl methyl sites for hydroxylation is 1. The van der Waals surface area contributed by atoms with Crippen molar-refractivity contribution in [1.82, 2.24) is 14.8 Å². The van der Waals surface area contributed by atoms with Crippen LogP contribution in [-0.2, 0) is 0 Å². The van der Waals surface area contributed by atoms with E-state index in [4.69, 9.17) is 0 Å². The molecule has 0 radical (unpaired) electrons. The van der Waals surface area contributed by atoms with Crippen LogP contribution in [0.25, 0.3) is 5.69 Å². The van der Waals surface area contributed by atoms with Crippen LogP contribution in [0.4, 0.5) is 5.69 Å². The number of hydrogen-bond donors (Lipinski definition) is 1. The van der Waals surface area contributed by atoms with Crippen molar-refractivity contribution >= 4 is 23.4 Å². The lowest BCUT2D eigenvalue weighted by Crippen LogP contribution is -2.14. The number of nitrogens with one attached hydrogen (secondary N) is 1. The number of anilines is 1. The molecule has 0 bridgehead atoms. The van der Waals surface area contributed by atoms with Crippen LogP contribution in [0.3, 0.4) is 0 Å². The molecule has 0 spiro atoms. The van der Waals surface area contributed by atoms with Crippen molar-refractivity contribution < 1.29 is 4.79 Å². The second-order valence-corrected chi connectivity index (χ2v) is 8.06. The van der Waals surface area contributed by atoms with E-state index in [0.717, 1.165) is 22.1 Å². The zero-order chi connectivity index (χ0) is 18.6. The molecule has 1 saturated carbocycles. The third-order valence-corrected chi connectivity index (χ3v) is 6.13. The Morgan fingerprint density at radius 1 is 1.15 bits per heavy atom. The van der Waals surface area contributed by atoms with Gasteiger partial charge in [-0.2, -0.15) is 5.10 Å². The lowest BCUT2D eigenvalue weighted by molar-refractivity contribution is 0.102. The van der Waals surface area contributed by atoms with Crippen LogP contribution in [0.1, 0.15) is 41.7 Å². The Morgan fingerprint density at radius 2 is 2.00 bits per heavy atom. The molecule has 1 aliphatic carbocycles. The molecule has 2 heterocycles. The Balaban J connectivity index is 1.54. The van der Waals surface area contributed by atoms with Crippen molar-refractivity contribution in [2.45, 2.75) is 42.9 Å². The molecule has 138 valence electrons. The van der Waals surface area contributed by atoms with Crippen molar-refractivity contribution in [2.24, 2.45) is 0 Å². The Hall–Kier alpha value is -2.60. The van der Waals surface area contributed by atoms with Crippen molar-refractivity contribution in [1.29, 1.82) is 0 Å². The molecular weight excluding hydrogens is 356 g/mol. The van der Waals surface area contributed by atoms with E-state index in [0.29, 0.717) is 10.8 Å². The molecule has 0 unspecified atom stereocenters. The first-order valence-corrected chi connectivity index (χ1v) is 10.1. The molecule has 5 nitrogen and oxygen atoms in total. The van der Waals surface area contributed by atoms with Crippen molar-refractivity contribution in [2.75, 3.05) is 5.32 Å². The Labute approximate surface area is 163 Å². The van der Waals surface area contributed by atoms with Crippen molar-refractivity contribution in [3.63, 3.8) is 0 Å². The molecule has 0 saturated heterocycles. The van der Waals surface area contributed by atoms with E-state index >= 15 is 0 Å². The summed E-state index contributed by atoms with van der Waals surface area (Å²) in [5.41, 5.74) is 3.34. The lowest BCUT2D eigenvalue weighted by Gasteiger charge is -2.13. The molecule has 0 atom stereocenters. The molecule has 2 aromatic heterocycles. The van der Waals surface area contributed by atoms with Gasteiger partial charge >= 0.3 is 0 Å². The minimum atomic E-state index is -0.127. The summed E-state index contributed by atoms with van der Waals surface area (Å²) >= 11 is 1.73. The number of carbonyl (C=O) groups excluding carboxylic acids is 1. The standard InChI is InChI=1S/C21H22N4OS/c1-15-11-13-23-25(15)17-7-4-6-16(14-17)24-20(26)19-10-5-12-22-21(19)27-18-8-2-3-9-18/h4-7,10-14,18H,2-3,8-9H2,1H3,(H,24,26). The third kappa shape index (κ3) is 4.06. The number of rotatable bonds is 5. The number of thioether (sulfide) groups is 1. The highest BCUT2D eigenvalue weighted by atomic mass is 32.2. The molecule has 1 aliphatic rings. The lowest BCUT2D eigenvalue weighted by atomic mass is 10.2. The highest BCUT2D eigenvalue weighted by molar-refractivity contribution is 7.99. The van der Waals surface area contributed by atoms with E-state index in [-0.39, 0.29) is 5.91 Å². The zero-order valence-electron chi connectivity index (χ0n) is 15.3. The van der Waals surface area contributed by atoms with Crippen LogP contribution in [-0.4, -0.2) is 25.9 Å². The Morgan fingerprint density at radius 3 is 2.78 bits per heavy atom. The number of hydrogen-bond acceptors (Lipinski definition) is 4. The molecule has 1 fully saturated rings. The van der Waals surface area contributed by atoms with Crippen LogP contribution >= 0.6 is 11.8 Å². The van der Waals surface area contributed by atoms with Gasteiger partial charge in [0.2, 0.25) is 0 Å². The van der Waals surface area contributed by atoms with Gasteiger partial charge in [0.1, 0.15) is 5.03 Å². The zero-order valence-corrected chi connectivity index (χ0v) is 16.1. The summed E-state index contributed by atoms with van der Waals surface area (Å²) < 4.78 is 1.85. The summed E-state index contributed by atoms with van der Waals surface area (Å²) in [6, 6.07) is 13.3. The summed E-state index contributed by atoms with van der Waals surface area (Å²) in [5, 5.41) is 8.73. The summed E-state index contributed by atoms with van der Waals surface area (Å²) in [6.07, 6.45) is 8.47. The number of benzene rings is 1. The van der Waals surface area contributed by atoms with E-state index in [9.17, 15) is 4.79 Å². The monoisotopic (exact) mass is 378 g/mol. The number of nitrogens with zero attached hydrogens (tertiary/aromatic N) is 3. The third-order valence-electron chi connectivity index (χ3n) is 4.78. The van der Waals surface area contributed by atoms with Gasteiger partial charge in [-0.05, 0) is 56.2 Å². The quantitative estimate of drug-likeness (QED) is 0.688. The summed E-state index contributed by atoms with van der Waals surface area (Å²) in [4.78, 5) is 17.3. The van der Waals surface area contributed by atoms with Gasteiger partial charge < -0.3 is 5.32 Å². The van der Waals surface area contributed by atoms with Gasteiger partial charge in [-0.1, -0.05) is 18.9 Å². The van der Waals surface area contributed by atoms with Gasteiger partial charge in [-0.25, -0.2) is 9.67 Å². The maximum Gasteiger partial charge on any atom is 0.258 e. The minimum absolute atomic E-state index is 0.127. The topological polar surface area (TPSA) is 59.8 Å². The van der Waals surface area contributed by atoms with E-state index in [2.05, 4.69) is 15.4 Å². The summed E-state index contributed by atoms with van der Waals surface area (Å²) in [5.74, 6) is -0.127. The van der Waals surface area contributed by atoms with Crippen LogP contribution in [0.15, 0.2) is 59.9 Å². The van der Waals surface area contributed by atoms with E-state index in [1.54, 1.807) is 24.2 Å². The van der Waals surface area contributed by atoms with Gasteiger partial charge in [-0.15, -0.1) is 11.8 Å². The molecule has 6 heteroatoms. The van der Waals surface area contributed by atoms with Crippen LogP contribution in [0.2, 0.25) is 0 Å². The SMILES string of the molecule is Cc1ccnn1-c1cccc(NC(=O)c2cccnc2SC2CCCC2)c1. The first kappa shape index (κ1) is 17.8. The average Bonchev–Trinajstić information content (AvgIpc) is 3.34. The molecule has 0 aliphatic heterocycles. The van der Waals surface area contributed by atoms with Crippen molar-refractivity contribution in [3.8, 4) is 5.69 Å². The van der Waals surface area contributed by atoms with Gasteiger partial charge in [0.25, 0.3) is 5.91 Å². The number of carbonyl (C=O) groups is 1. The molecule has 3 aromatic rings. The molecule has 1 aromatic carbocycles. The largest absolute Gasteiger partial charge is 0.322 e. The van der Waals surface area contributed by atoms with Gasteiger partial charge in [0.05, 0.1) is 11.3 Å². The molecule has 1 amide bonds. The van der Waals surface area contributed by atoms with Gasteiger partial charge in [-0.3, -0.25) is 4.79 Å². The highest BCUT2D eigenvalue weighted by Crippen LogP contribution is 2.35. The normalized spacial score (nSPS) is 14.4. The number of pyridine rings is 1. The van der Waals surface area contributed by atoms with Gasteiger partial charge in [0.15, 0.2) is 0 Å². The second kappa shape index (κ2) is 7.96. The molecule has 1 N–H and O–H groups in total. The smallest absolute Gasteiger partial charge is 0.258 e. The predicted molar refractivity (Wildman–Crippen MR) is 109 cm³/mol. The summed E-state index contributed by atoms with van der Waals surface area (Å²) in [7, 11) is 0. The van der Waals surface area contributed by atoms with Crippen LogP contribution in [0.5, 0.6) is 0 Å². The van der Waals surface area contributed by atoms with Crippen LogP contribution in [0, 0.1) is 6.92 Å². The number of aromatic nitrogens is 3. The fraction of sp³-hybridized carbons (Fsp3) is 0.286. The number of amides is 1. The first-order chi connectivity index (χ1) is 13.2. The maximum absolute atomic E-state index is 12.9. The second-order valence-electron chi connectivity index (χ2n) is 6.77. The Kier molecular flexibility index (Phi) is 5.25. The molecule has 4 rings (SSSR count). The maximum atomic E-state index is 12.9. The van der Waals surface area contributed by atoms with E-state index in [1.807, 2.05) is 54.1 Å². The first-order valence-electron chi connectivity index (χ1n) is 9.25. The van der Waals surface area contributed by atoms with Gasteiger partial charge in [0, 0.05) is 29.0 Å². The Bertz CT molecular complexity index is 947. The molecule has 27 heavy (non-hydrogen) atoms. The van der Waals surface area contributed by atoms with Crippen LogP contribution < -0.4 is 5.32 Å². The minimum Gasteiger partial charge on any atom is -0.322 e. The summed E-state index contributed by atoms with van der Waals surface area (Å²) in [6.45, 7) is 2.00. The fourth-order valence-corrected chi connectivity index (χ4v) is 4.67. The predicted octanol–water partition coefficient (Wildman–Crippen LogP) is 4.86. The highest BCUT2D eigenvalue weighted by Gasteiger charge is 2.20. The fourth-order valence-electron chi connectivity index (χ4n) is 3.38. The van der Waals surface area contributed by atoms with E-state index in [1.165, 1.54) is 25.7 Å². The van der Waals surface area contributed by atoms with Crippen molar-refractivity contribution in [3.05, 3.63) is 66.1 Å². The average molecular weight is 379 g/mol.